The van der Waals surface area contributed by atoms with Gasteiger partial charge in [-0.1, -0.05) is 27.5 Å². The van der Waals surface area contributed by atoms with Crippen molar-refractivity contribution < 1.29 is 9.53 Å². The molecule has 0 aromatic heterocycles. The van der Waals surface area contributed by atoms with E-state index >= 15 is 0 Å². The summed E-state index contributed by atoms with van der Waals surface area (Å²) in [7, 11) is 1.55. The Hall–Kier alpha value is -1.72. The first kappa shape index (κ1) is 14.7. The van der Waals surface area contributed by atoms with E-state index in [-0.39, 0.29) is 5.91 Å². The number of benzene rings is 2. The smallest absolute Gasteiger partial charge is 0.255 e. The van der Waals surface area contributed by atoms with Crippen LogP contribution in [0.25, 0.3) is 0 Å². The van der Waals surface area contributed by atoms with E-state index in [1.807, 2.05) is 0 Å². The molecule has 0 fully saturated rings. The number of hydrogen-bond acceptors (Lipinski definition) is 3. The molecule has 0 atom stereocenters. The first-order valence-corrected chi connectivity index (χ1v) is 6.87. The van der Waals surface area contributed by atoms with Crippen molar-refractivity contribution in [3.05, 3.63) is 51.5 Å². The summed E-state index contributed by atoms with van der Waals surface area (Å²) in [5, 5.41) is 3.21. The number of carbonyl (C=O) groups excluding carboxylic acids is 1. The van der Waals surface area contributed by atoms with Gasteiger partial charge in [0.1, 0.15) is 5.75 Å². The van der Waals surface area contributed by atoms with Gasteiger partial charge in [-0.2, -0.15) is 0 Å². The van der Waals surface area contributed by atoms with E-state index in [1.165, 1.54) is 0 Å². The first-order chi connectivity index (χ1) is 9.49. The number of nitrogen functional groups attached to an aromatic ring is 1. The van der Waals surface area contributed by atoms with Crippen molar-refractivity contribution in [3.63, 3.8) is 0 Å². The van der Waals surface area contributed by atoms with Crippen LogP contribution in [0, 0.1) is 0 Å². The standard InChI is InChI=1S/C14H12BrClN2O2/c1-20-11-2-3-12(17)13(7-11)18-14(19)8-4-9(15)6-10(16)5-8/h2-7H,17H2,1H3,(H,18,19). The molecule has 0 aliphatic carbocycles. The van der Waals surface area contributed by atoms with E-state index in [9.17, 15) is 4.79 Å². The molecule has 0 aliphatic rings. The van der Waals surface area contributed by atoms with Crippen LogP contribution in [-0.4, -0.2) is 13.0 Å². The molecule has 0 aliphatic heterocycles. The summed E-state index contributed by atoms with van der Waals surface area (Å²) in [5.74, 6) is 0.315. The quantitative estimate of drug-likeness (QED) is 0.820. The highest BCUT2D eigenvalue weighted by Gasteiger charge is 2.10. The Morgan fingerprint density at radius 3 is 2.70 bits per heavy atom. The maximum absolute atomic E-state index is 12.2. The molecule has 0 saturated carbocycles. The number of halogens is 2. The van der Waals surface area contributed by atoms with Crippen LogP contribution in [-0.2, 0) is 0 Å². The van der Waals surface area contributed by atoms with E-state index < -0.39 is 0 Å². The molecule has 3 N–H and O–H groups in total. The summed E-state index contributed by atoms with van der Waals surface area (Å²) in [6.45, 7) is 0. The summed E-state index contributed by atoms with van der Waals surface area (Å²) < 4.78 is 5.83. The lowest BCUT2D eigenvalue weighted by Gasteiger charge is -2.10. The molecule has 0 bridgehead atoms. The lowest BCUT2D eigenvalue weighted by Crippen LogP contribution is -2.13. The maximum atomic E-state index is 12.2. The number of carbonyl (C=O) groups is 1. The molecule has 20 heavy (non-hydrogen) atoms. The minimum absolute atomic E-state index is 0.298. The van der Waals surface area contributed by atoms with Crippen molar-refractivity contribution >= 4 is 44.8 Å². The van der Waals surface area contributed by atoms with Crippen molar-refractivity contribution in [1.82, 2.24) is 0 Å². The van der Waals surface area contributed by atoms with Crippen molar-refractivity contribution in [1.29, 1.82) is 0 Å². The van der Waals surface area contributed by atoms with Crippen LogP contribution in [0.4, 0.5) is 11.4 Å². The van der Waals surface area contributed by atoms with Gasteiger partial charge in [-0.3, -0.25) is 4.79 Å². The van der Waals surface area contributed by atoms with Crippen LogP contribution < -0.4 is 15.8 Å². The Morgan fingerprint density at radius 2 is 2.05 bits per heavy atom. The molecule has 4 nitrogen and oxygen atoms in total. The number of anilines is 2. The number of rotatable bonds is 3. The summed E-state index contributed by atoms with van der Waals surface area (Å²) in [5.41, 5.74) is 7.21. The highest BCUT2D eigenvalue weighted by atomic mass is 79.9. The maximum Gasteiger partial charge on any atom is 0.255 e. The van der Waals surface area contributed by atoms with E-state index in [0.717, 1.165) is 4.47 Å². The Bertz CT molecular complexity index is 641. The number of nitrogens with two attached hydrogens (primary N) is 1. The molecule has 0 spiro atoms. The SMILES string of the molecule is COc1ccc(N)c(NC(=O)c2cc(Cl)cc(Br)c2)c1. The van der Waals surface area contributed by atoms with Crippen LogP contribution in [0.2, 0.25) is 5.02 Å². The van der Waals surface area contributed by atoms with E-state index in [1.54, 1.807) is 43.5 Å². The average molecular weight is 356 g/mol. The number of hydrogen-bond donors (Lipinski definition) is 2. The molecular formula is C14H12BrClN2O2. The minimum atomic E-state index is -0.298. The largest absolute Gasteiger partial charge is 0.497 e. The van der Waals surface area contributed by atoms with Gasteiger partial charge in [0.2, 0.25) is 0 Å². The van der Waals surface area contributed by atoms with Crippen molar-refractivity contribution in [2.45, 2.75) is 0 Å². The molecule has 2 rings (SSSR count). The van der Waals surface area contributed by atoms with Gasteiger partial charge in [-0.05, 0) is 30.3 Å². The topological polar surface area (TPSA) is 64.3 Å². The third kappa shape index (κ3) is 3.43. The zero-order chi connectivity index (χ0) is 14.7. The zero-order valence-electron chi connectivity index (χ0n) is 10.6. The predicted molar refractivity (Wildman–Crippen MR) is 84.5 cm³/mol. The van der Waals surface area contributed by atoms with E-state index in [4.69, 9.17) is 22.1 Å². The third-order valence-electron chi connectivity index (χ3n) is 2.63. The Labute approximate surface area is 130 Å². The van der Waals surface area contributed by atoms with Crippen molar-refractivity contribution in [2.24, 2.45) is 0 Å². The Balaban J connectivity index is 2.27. The minimum Gasteiger partial charge on any atom is -0.497 e. The summed E-state index contributed by atoms with van der Waals surface area (Å²) in [6, 6.07) is 10.0. The predicted octanol–water partition coefficient (Wildman–Crippen LogP) is 3.95. The highest BCUT2D eigenvalue weighted by molar-refractivity contribution is 9.10. The number of amides is 1. The fourth-order valence-corrected chi connectivity index (χ4v) is 2.51. The number of ether oxygens (including phenoxy) is 1. The van der Waals surface area contributed by atoms with Gasteiger partial charge in [-0.15, -0.1) is 0 Å². The lowest BCUT2D eigenvalue weighted by molar-refractivity contribution is 0.102. The normalized spacial score (nSPS) is 10.2. The molecule has 6 heteroatoms. The second kappa shape index (κ2) is 6.15. The zero-order valence-corrected chi connectivity index (χ0v) is 13.0. The van der Waals surface area contributed by atoms with Crippen molar-refractivity contribution in [3.8, 4) is 5.75 Å². The molecule has 0 radical (unpaired) electrons. The van der Waals surface area contributed by atoms with Crippen molar-refractivity contribution in [2.75, 3.05) is 18.2 Å². The Morgan fingerprint density at radius 1 is 1.30 bits per heavy atom. The molecule has 2 aromatic rings. The molecule has 0 saturated heterocycles. The van der Waals surface area contributed by atoms with Gasteiger partial charge in [-0.25, -0.2) is 0 Å². The molecule has 2 aromatic carbocycles. The first-order valence-electron chi connectivity index (χ1n) is 5.70. The van der Waals surface area contributed by atoms with Gasteiger partial charge in [0.05, 0.1) is 18.5 Å². The molecule has 0 heterocycles. The second-order valence-electron chi connectivity index (χ2n) is 4.07. The molecular weight excluding hydrogens is 344 g/mol. The summed E-state index contributed by atoms with van der Waals surface area (Å²) >= 11 is 9.22. The van der Waals surface area contributed by atoms with E-state index in [0.29, 0.717) is 27.7 Å². The second-order valence-corrected chi connectivity index (χ2v) is 5.42. The van der Waals surface area contributed by atoms with Crippen LogP contribution >= 0.6 is 27.5 Å². The fourth-order valence-electron chi connectivity index (χ4n) is 1.65. The van der Waals surface area contributed by atoms with Gasteiger partial charge < -0.3 is 15.8 Å². The molecule has 104 valence electrons. The number of nitrogens with one attached hydrogen (secondary N) is 1. The van der Waals surface area contributed by atoms with Crippen LogP contribution in [0.15, 0.2) is 40.9 Å². The average Bonchev–Trinajstić information content (AvgIpc) is 2.40. The van der Waals surface area contributed by atoms with Crippen LogP contribution in [0.1, 0.15) is 10.4 Å². The fraction of sp³-hybridized carbons (Fsp3) is 0.0714. The van der Waals surface area contributed by atoms with Gasteiger partial charge in [0.15, 0.2) is 0 Å². The summed E-state index contributed by atoms with van der Waals surface area (Å²) in [6.07, 6.45) is 0. The highest BCUT2D eigenvalue weighted by Crippen LogP contribution is 2.26. The van der Waals surface area contributed by atoms with E-state index in [2.05, 4.69) is 21.2 Å². The Kier molecular flexibility index (Phi) is 4.52. The van der Waals surface area contributed by atoms with Gasteiger partial charge >= 0.3 is 0 Å². The van der Waals surface area contributed by atoms with Crippen LogP contribution in [0.3, 0.4) is 0 Å². The van der Waals surface area contributed by atoms with Gasteiger partial charge in [0, 0.05) is 21.1 Å². The van der Waals surface area contributed by atoms with Crippen LogP contribution in [0.5, 0.6) is 5.75 Å². The van der Waals surface area contributed by atoms with Gasteiger partial charge in [0.25, 0.3) is 5.91 Å². The number of methoxy groups -OCH3 is 1. The molecule has 1 amide bonds. The monoisotopic (exact) mass is 354 g/mol. The third-order valence-corrected chi connectivity index (χ3v) is 3.31. The lowest BCUT2D eigenvalue weighted by atomic mass is 10.2. The summed E-state index contributed by atoms with van der Waals surface area (Å²) in [4.78, 5) is 12.2. The molecule has 0 unspecified atom stereocenters.